The third-order valence-corrected chi connectivity index (χ3v) is 7.17. The number of nitrogens with zero attached hydrogens (tertiary/aromatic N) is 3. The summed E-state index contributed by atoms with van der Waals surface area (Å²) in [6, 6.07) is 18.3. The number of benzene rings is 2. The van der Waals surface area contributed by atoms with Crippen molar-refractivity contribution in [3.8, 4) is 17.3 Å². The average Bonchev–Trinajstić information content (AvgIpc) is 2.86. The maximum atomic E-state index is 13.5. The molecule has 0 saturated carbocycles. The summed E-state index contributed by atoms with van der Waals surface area (Å²) in [6.45, 7) is 2.18. The Kier molecular flexibility index (Phi) is 8.74. The molecule has 10 heteroatoms. The standard InChI is InChI=1S/C26H28FN5O3S/c1-18(32(2)36(3,34)35)17-30-26(33)23-11-12-24(22-10-5-4-8-20(22)16-28)31-25(23)29-14-13-19-7-6-9-21(27)15-19/h4-12,15,18H,13-14,17H2,1-3H3,(H,29,31)(H,30,33)/t18-/m1/s1. The van der Waals surface area contributed by atoms with Crippen LogP contribution in [0, 0.1) is 17.1 Å². The van der Waals surface area contributed by atoms with Gasteiger partial charge in [-0.2, -0.15) is 5.26 Å². The molecule has 0 spiro atoms. The number of amides is 1. The van der Waals surface area contributed by atoms with E-state index in [1.54, 1.807) is 49.4 Å². The van der Waals surface area contributed by atoms with E-state index < -0.39 is 22.0 Å². The van der Waals surface area contributed by atoms with E-state index in [0.29, 0.717) is 35.6 Å². The number of anilines is 1. The molecule has 1 aromatic heterocycles. The van der Waals surface area contributed by atoms with E-state index in [2.05, 4.69) is 21.7 Å². The highest BCUT2D eigenvalue weighted by Crippen LogP contribution is 2.25. The van der Waals surface area contributed by atoms with Crippen LogP contribution in [0.3, 0.4) is 0 Å². The van der Waals surface area contributed by atoms with Crippen molar-refractivity contribution >= 4 is 21.7 Å². The van der Waals surface area contributed by atoms with Crippen molar-refractivity contribution < 1.29 is 17.6 Å². The van der Waals surface area contributed by atoms with Gasteiger partial charge in [0.25, 0.3) is 5.91 Å². The minimum atomic E-state index is -3.40. The number of hydrogen-bond acceptors (Lipinski definition) is 6. The molecule has 0 unspecified atom stereocenters. The number of carbonyl (C=O) groups excluding carboxylic acids is 1. The second-order valence-electron chi connectivity index (χ2n) is 8.39. The van der Waals surface area contributed by atoms with Crippen LogP contribution in [0.5, 0.6) is 0 Å². The first-order valence-corrected chi connectivity index (χ1v) is 13.1. The molecule has 3 rings (SSSR count). The van der Waals surface area contributed by atoms with Gasteiger partial charge in [-0.05, 0) is 49.2 Å². The van der Waals surface area contributed by atoms with Crippen LogP contribution in [0.15, 0.2) is 60.7 Å². The Morgan fingerprint density at radius 3 is 2.61 bits per heavy atom. The topological polar surface area (TPSA) is 115 Å². The van der Waals surface area contributed by atoms with E-state index in [9.17, 15) is 22.9 Å². The lowest BCUT2D eigenvalue weighted by Crippen LogP contribution is -2.42. The average molecular weight is 510 g/mol. The monoisotopic (exact) mass is 509 g/mol. The van der Waals surface area contributed by atoms with Crippen LogP contribution in [0.1, 0.15) is 28.4 Å². The van der Waals surface area contributed by atoms with Crippen molar-refractivity contribution in [2.45, 2.75) is 19.4 Å². The first kappa shape index (κ1) is 26.8. The van der Waals surface area contributed by atoms with Crippen LogP contribution in [0.4, 0.5) is 10.2 Å². The van der Waals surface area contributed by atoms with Crippen molar-refractivity contribution in [3.63, 3.8) is 0 Å². The Hall–Kier alpha value is -3.81. The molecule has 1 amide bonds. The zero-order valence-electron chi connectivity index (χ0n) is 20.3. The van der Waals surface area contributed by atoms with Crippen LogP contribution in [-0.2, 0) is 16.4 Å². The molecule has 8 nitrogen and oxygen atoms in total. The van der Waals surface area contributed by atoms with Crippen molar-refractivity contribution in [3.05, 3.63) is 83.2 Å². The molecule has 0 aliphatic rings. The van der Waals surface area contributed by atoms with E-state index >= 15 is 0 Å². The number of nitriles is 1. The number of nitrogens with one attached hydrogen (secondary N) is 2. The van der Waals surface area contributed by atoms with Gasteiger partial charge in [-0.25, -0.2) is 22.1 Å². The number of aromatic nitrogens is 1. The number of sulfonamides is 1. The number of pyridine rings is 1. The number of halogens is 1. The molecule has 2 N–H and O–H groups in total. The molecule has 3 aromatic rings. The van der Waals surface area contributed by atoms with Gasteiger partial charge >= 0.3 is 0 Å². The van der Waals surface area contributed by atoms with Gasteiger partial charge in [0.05, 0.1) is 29.1 Å². The molecule has 0 bridgehead atoms. The molecular weight excluding hydrogens is 481 g/mol. The molecule has 0 radical (unpaired) electrons. The summed E-state index contributed by atoms with van der Waals surface area (Å²) >= 11 is 0. The van der Waals surface area contributed by atoms with Gasteiger partial charge in [-0.3, -0.25) is 4.79 Å². The lowest BCUT2D eigenvalue weighted by Gasteiger charge is -2.23. The molecule has 0 aliphatic heterocycles. The molecule has 188 valence electrons. The Labute approximate surface area is 210 Å². The first-order valence-electron chi connectivity index (χ1n) is 11.3. The molecule has 1 atom stereocenters. The van der Waals surface area contributed by atoms with E-state index in [4.69, 9.17) is 0 Å². The molecule has 1 heterocycles. The van der Waals surface area contributed by atoms with E-state index in [-0.39, 0.29) is 17.9 Å². The smallest absolute Gasteiger partial charge is 0.255 e. The molecule has 0 aliphatic carbocycles. The molecule has 0 saturated heterocycles. The fourth-order valence-corrected chi connectivity index (χ4v) is 4.27. The third kappa shape index (κ3) is 6.87. The SMILES string of the molecule is C[C@H](CNC(=O)c1ccc(-c2ccccc2C#N)nc1NCCc1cccc(F)c1)N(C)S(C)(=O)=O. The van der Waals surface area contributed by atoms with E-state index in [1.165, 1.54) is 23.5 Å². The predicted octanol–water partition coefficient (Wildman–Crippen LogP) is 3.42. The van der Waals surface area contributed by atoms with Gasteiger partial charge in [-0.1, -0.05) is 30.3 Å². The summed E-state index contributed by atoms with van der Waals surface area (Å²) in [4.78, 5) is 17.6. The summed E-state index contributed by atoms with van der Waals surface area (Å²) < 4.78 is 38.3. The number of hydrogen-bond donors (Lipinski definition) is 2. The van der Waals surface area contributed by atoms with Crippen molar-refractivity contribution in [2.24, 2.45) is 0 Å². The molecule has 2 aromatic carbocycles. The molecule has 36 heavy (non-hydrogen) atoms. The van der Waals surface area contributed by atoms with Gasteiger partial charge < -0.3 is 10.6 Å². The Balaban J connectivity index is 1.85. The third-order valence-electron chi connectivity index (χ3n) is 5.76. The largest absolute Gasteiger partial charge is 0.369 e. The lowest BCUT2D eigenvalue weighted by atomic mass is 10.0. The van der Waals surface area contributed by atoms with E-state index in [0.717, 1.165) is 11.8 Å². The van der Waals surface area contributed by atoms with Gasteiger partial charge in [0, 0.05) is 31.7 Å². The molecular formula is C26H28FN5O3S. The minimum absolute atomic E-state index is 0.101. The molecule has 0 fully saturated rings. The summed E-state index contributed by atoms with van der Waals surface area (Å²) in [5, 5.41) is 15.4. The van der Waals surface area contributed by atoms with Gasteiger partial charge in [0.15, 0.2) is 0 Å². The Morgan fingerprint density at radius 2 is 1.92 bits per heavy atom. The normalized spacial score (nSPS) is 12.1. The summed E-state index contributed by atoms with van der Waals surface area (Å²) in [7, 11) is -1.95. The van der Waals surface area contributed by atoms with Crippen LogP contribution in [0.2, 0.25) is 0 Å². The maximum Gasteiger partial charge on any atom is 0.255 e. The first-order chi connectivity index (χ1) is 17.1. The van der Waals surface area contributed by atoms with Crippen LogP contribution < -0.4 is 10.6 Å². The minimum Gasteiger partial charge on any atom is -0.369 e. The van der Waals surface area contributed by atoms with Crippen molar-refractivity contribution in [1.29, 1.82) is 5.26 Å². The fraction of sp³-hybridized carbons (Fsp3) is 0.269. The summed E-state index contributed by atoms with van der Waals surface area (Å²) in [6.07, 6.45) is 1.60. The lowest BCUT2D eigenvalue weighted by molar-refractivity contribution is 0.0947. The second kappa shape index (κ2) is 11.7. The number of carbonyl (C=O) groups is 1. The zero-order valence-corrected chi connectivity index (χ0v) is 21.1. The van der Waals surface area contributed by atoms with Crippen LogP contribution >= 0.6 is 0 Å². The number of rotatable bonds is 10. The van der Waals surface area contributed by atoms with Gasteiger partial charge in [0.1, 0.15) is 11.6 Å². The van der Waals surface area contributed by atoms with Crippen LogP contribution in [-0.4, -0.2) is 56.0 Å². The fourth-order valence-electron chi connectivity index (χ4n) is 3.54. The predicted molar refractivity (Wildman–Crippen MR) is 137 cm³/mol. The number of likely N-dealkylation sites (N-methyl/N-ethyl adjacent to an activating group) is 1. The maximum absolute atomic E-state index is 13.5. The quantitative estimate of drug-likeness (QED) is 0.433. The van der Waals surface area contributed by atoms with Gasteiger partial charge in [0.2, 0.25) is 10.0 Å². The zero-order chi connectivity index (χ0) is 26.3. The van der Waals surface area contributed by atoms with Gasteiger partial charge in [-0.15, -0.1) is 0 Å². The highest BCUT2D eigenvalue weighted by molar-refractivity contribution is 7.88. The van der Waals surface area contributed by atoms with Crippen molar-refractivity contribution in [2.75, 3.05) is 31.7 Å². The highest BCUT2D eigenvalue weighted by atomic mass is 32.2. The van der Waals surface area contributed by atoms with Crippen molar-refractivity contribution in [1.82, 2.24) is 14.6 Å². The summed E-state index contributed by atoms with van der Waals surface area (Å²) in [5.41, 5.74) is 2.65. The summed E-state index contributed by atoms with van der Waals surface area (Å²) in [5.74, 6) is -0.447. The second-order valence-corrected chi connectivity index (χ2v) is 10.4. The highest BCUT2D eigenvalue weighted by Gasteiger charge is 2.21. The van der Waals surface area contributed by atoms with E-state index in [1.807, 2.05) is 6.07 Å². The van der Waals surface area contributed by atoms with Crippen LogP contribution in [0.25, 0.3) is 11.3 Å². The Bertz CT molecular complexity index is 1390. The Morgan fingerprint density at radius 1 is 1.17 bits per heavy atom.